The first kappa shape index (κ1) is 14.7. The number of nitrogens with one attached hydrogen (secondary N) is 2. The van der Waals surface area contributed by atoms with Crippen molar-refractivity contribution in [1.29, 1.82) is 0 Å². The van der Waals surface area contributed by atoms with E-state index in [1.54, 1.807) is 0 Å². The highest BCUT2D eigenvalue weighted by Gasteiger charge is 2.04. The minimum Gasteiger partial charge on any atom is -0.360 e. The Hall–Kier alpha value is -1.68. The molecule has 0 radical (unpaired) electrons. The number of anilines is 1. The van der Waals surface area contributed by atoms with Crippen molar-refractivity contribution in [2.75, 3.05) is 5.32 Å². The van der Waals surface area contributed by atoms with Crippen LogP contribution in [-0.4, -0.2) is 16.1 Å². The Morgan fingerprint density at radius 1 is 1.15 bits per heavy atom. The van der Waals surface area contributed by atoms with E-state index in [0.29, 0.717) is 17.1 Å². The van der Waals surface area contributed by atoms with Gasteiger partial charge in [0.25, 0.3) is 0 Å². The van der Waals surface area contributed by atoms with Crippen molar-refractivity contribution in [3.63, 3.8) is 0 Å². The van der Waals surface area contributed by atoms with Gasteiger partial charge in [-0.2, -0.15) is 0 Å². The van der Waals surface area contributed by atoms with Gasteiger partial charge in [0.2, 0.25) is 0 Å². The van der Waals surface area contributed by atoms with Gasteiger partial charge in [-0.25, -0.2) is 0 Å². The topological polar surface area (TPSA) is 37.0 Å². The van der Waals surface area contributed by atoms with Crippen LogP contribution in [0.4, 0.5) is 5.69 Å². The van der Waals surface area contributed by atoms with Gasteiger partial charge < -0.3 is 10.6 Å². The molecule has 0 saturated carbocycles. The van der Waals surface area contributed by atoms with Crippen LogP contribution in [0.25, 0.3) is 10.9 Å². The molecule has 0 aliphatic carbocycles. The quantitative estimate of drug-likeness (QED) is 0.835. The van der Waals surface area contributed by atoms with Gasteiger partial charge in [0.05, 0.1) is 17.4 Å². The van der Waals surface area contributed by atoms with E-state index in [1.807, 2.05) is 6.20 Å². The average molecular weight is 287 g/mol. The van der Waals surface area contributed by atoms with Gasteiger partial charge >= 0.3 is 0 Å². The van der Waals surface area contributed by atoms with Gasteiger partial charge in [0.1, 0.15) is 0 Å². The summed E-state index contributed by atoms with van der Waals surface area (Å²) in [7, 11) is 0. The summed E-state index contributed by atoms with van der Waals surface area (Å²) in [5, 5.41) is 8.09. The molecule has 0 amide bonds. The molecule has 1 heterocycles. The second-order valence-electron chi connectivity index (χ2n) is 5.58. The van der Waals surface area contributed by atoms with Crippen molar-refractivity contribution >= 4 is 33.9 Å². The third-order valence-electron chi connectivity index (χ3n) is 3.05. The van der Waals surface area contributed by atoms with E-state index < -0.39 is 0 Å². The number of hydrogen-bond donors (Lipinski definition) is 2. The van der Waals surface area contributed by atoms with Crippen LogP contribution in [0, 0.1) is 0 Å². The molecule has 2 rings (SSSR count). The average Bonchev–Trinajstić information content (AvgIpc) is 2.36. The van der Waals surface area contributed by atoms with Gasteiger partial charge in [-0.3, -0.25) is 4.98 Å². The SMILES string of the molecule is CC(C)NC(=S)Nc1cnc2ccc(C(C)C)cc2c1. The van der Waals surface area contributed by atoms with E-state index in [9.17, 15) is 0 Å². The van der Waals surface area contributed by atoms with Crippen LogP contribution in [0.5, 0.6) is 0 Å². The van der Waals surface area contributed by atoms with E-state index in [1.165, 1.54) is 5.56 Å². The van der Waals surface area contributed by atoms with E-state index in [4.69, 9.17) is 12.2 Å². The summed E-state index contributed by atoms with van der Waals surface area (Å²) in [6.07, 6.45) is 1.81. The standard InChI is InChI=1S/C16H21N3S/c1-10(2)12-5-6-15-13(7-12)8-14(9-17-15)19-16(20)18-11(3)4/h5-11H,1-4H3,(H2,18,19,20). The Balaban J connectivity index is 2.25. The molecule has 0 aliphatic rings. The predicted molar refractivity (Wildman–Crippen MR) is 90.3 cm³/mol. The Morgan fingerprint density at radius 3 is 2.55 bits per heavy atom. The summed E-state index contributed by atoms with van der Waals surface area (Å²) in [6, 6.07) is 8.80. The molecule has 106 valence electrons. The minimum absolute atomic E-state index is 0.316. The molecule has 0 aliphatic heterocycles. The summed E-state index contributed by atoms with van der Waals surface area (Å²) in [5.41, 5.74) is 3.23. The van der Waals surface area contributed by atoms with Crippen LogP contribution in [0.1, 0.15) is 39.2 Å². The molecular weight excluding hydrogens is 266 g/mol. The molecule has 20 heavy (non-hydrogen) atoms. The summed E-state index contributed by atoms with van der Waals surface area (Å²) >= 11 is 5.25. The van der Waals surface area contributed by atoms with E-state index in [2.05, 4.69) is 67.6 Å². The first-order valence-corrected chi connectivity index (χ1v) is 7.33. The molecule has 1 aromatic heterocycles. The van der Waals surface area contributed by atoms with Gasteiger partial charge in [0.15, 0.2) is 5.11 Å². The molecule has 4 heteroatoms. The van der Waals surface area contributed by atoms with Crippen molar-refractivity contribution in [3.05, 3.63) is 36.0 Å². The highest BCUT2D eigenvalue weighted by molar-refractivity contribution is 7.80. The summed E-state index contributed by atoms with van der Waals surface area (Å²) in [4.78, 5) is 4.46. The lowest BCUT2D eigenvalue weighted by molar-refractivity contribution is 0.739. The van der Waals surface area contributed by atoms with Crippen LogP contribution in [-0.2, 0) is 0 Å². The summed E-state index contributed by atoms with van der Waals surface area (Å²) < 4.78 is 0. The smallest absolute Gasteiger partial charge is 0.171 e. The number of aromatic nitrogens is 1. The first-order chi connectivity index (χ1) is 9.45. The van der Waals surface area contributed by atoms with Crippen molar-refractivity contribution in [3.8, 4) is 0 Å². The summed E-state index contributed by atoms with van der Waals surface area (Å²) in [5.74, 6) is 0.514. The molecule has 0 spiro atoms. The Morgan fingerprint density at radius 2 is 1.90 bits per heavy atom. The molecule has 0 atom stereocenters. The molecule has 0 fully saturated rings. The Labute approximate surface area is 125 Å². The van der Waals surface area contributed by atoms with Crippen molar-refractivity contribution in [1.82, 2.24) is 10.3 Å². The Bertz CT molecular complexity index is 620. The van der Waals surface area contributed by atoms with E-state index in [-0.39, 0.29) is 0 Å². The fourth-order valence-electron chi connectivity index (χ4n) is 2.01. The molecule has 0 saturated heterocycles. The number of benzene rings is 1. The third-order valence-corrected chi connectivity index (χ3v) is 3.27. The van der Waals surface area contributed by atoms with Crippen LogP contribution in [0.15, 0.2) is 30.5 Å². The van der Waals surface area contributed by atoms with Crippen LogP contribution >= 0.6 is 12.2 Å². The lowest BCUT2D eigenvalue weighted by Gasteiger charge is -2.13. The monoisotopic (exact) mass is 287 g/mol. The van der Waals surface area contributed by atoms with E-state index >= 15 is 0 Å². The number of hydrogen-bond acceptors (Lipinski definition) is 2. The maximum atomic E-state index is 5.25. The fourth-order valence-corrected chi connectivity index (χ4v) is 2.36. The molecule has 2 N–H and O–H groups in total. The maximum Gasteiger partial charge on any atom is 0.171 e. The number of rotatable bonds is 3. The van der Waals surface area contributed by atoms with Gasteiger partial charge in [0, 0.05) is 11.4 Å². The van der Waals surface area contributed by atoms with E-state index in [0.717, 1.165) is 16.6 Å². The van der Waals surface area contributed by atoms with Crippen LogP contribution in [0.2, 0.25) is 0 Å². The largest absolute Gasteiger partial charge is 0.360 e. The van der Waals surface area contributed by atoms with Crippen LogP contribution < -0.4 is 10.6 Å². The first-order valence-electron chi connectivity index (χ1n) is 6.93. The maximum absolute atomic E-state index is 5.25. The zero-order chi connectivity index (χ0) is 14.7. The molecular formula is C16H21N3S. The van der Waals surface area contributed by atoms with Gasteiger partial charge in [-0.05, 0) is 55.7 Å². The fraction of sp³-hybridized carbons (Fsp3) is 0.375. The normalized spacial score (nSPS) is 11.1. The van der Waals surface area contributed by atoms with Gasteiger partial charge in [-0.1, -0.05) is 19.9 Å². The predicted octanol–water partition coefficient (Wildman–Crippen LogP) is 4.05. The summed E-state index contributed by atoms with van der Waals surface area (Å²) in [6.45, 7) is 8.50. The molecule has 0 bridgehead atoms. The number of fused-ring (bicyclic) bond motifs is 1. The van der Waals surface area contributed by atoms with Crippen molar-refractivity contribution in [2.24, 2.45) is 0 Å². The number of pyridine rings is 1. The second kappa shape index (κ2) is 6.18. The molecule has 3 nitrogen and oxygen atoms in total. The van der Waals surface area contributed by atoms with Crippen molar-refractivity contribution < 1.29 is 0 Å². The van der Waals surface area contributed by atoms with Gasteiger partial charge in [-0.15, -0.1) is 0 Å². The lowest BCUT2D eigenvalue weighted by Crippen LogP contribution is -2.33. The highest BCUT2D eigenvalue weighted by Crippen LogP contribution is 2.22. The molecule has 0 unspecified atom stereocenters. The van der Waals surface area contributed by atoms with Crippen molar-refractivity contribution in [2.45, 2.75) is 39.7 Å². The number of thiocarbonyl (C=S) groups is 1. The lowest BCUT2D eigenvalue weighted by atomic mass is 10.0. The highest BCUT2D eigenvalue weighted by atomic mass is 32.1. The zero-order valence-corrected chi connectivity index (χ0v) is 13.2. The van der Waals surface area contributed by atoms with Crippen LogP contribution in [0.3, 0.4) is 0 Å². The minimum atomic E-state index is 0.316. The molecule has 1 aromatic carbocycles. The second-order valence-corrected chi connectivity index (χ2v) is 5.99. The Kier molecular flexibility index (Phi) is 4.55. The molecule has 2 aromatic rings. The number of nitrogens with zero attached hydrogens (tertiary/aromatic N) is 1. The third kappa shape index (κ3) is 3.67. The zero-order valence-electron chi connectivity index (χ0n) is 12.4.